The standard InChI is InChI=1S/C56H39NO/c1-3-12-43-36-45(22-20-38(43)10-1)40-24-30-47(31-25-40)57(49-34-28-42(29-35-49)52-17-9-18-54-53-16-7-8-19-55(53)58-56(52)54)48-32-26-41(27-33-48)50-14-5-6-15-51(50)46-23-21-39-11-2-4-13-44(39)37-46/h1-32,34-37,48H,33H2. The molecule has 1 unspecified atom stereocenters. The molecule has 1 heterocycles. The highest BCUT2D eigenvalue weighted by Crippen LogP contribution is 2.40. The SMILES string of the molecule is C1=CC(N(c2ccc(-c3ccc4ccccc4c3)cc2)c2ccc(-c3cccc4c3oc3ccccc34)cc2)CC=C1c1ccccc1-c1ccc2ccccc2c1. The number of allylic oxidation sites excluding steroid dienone is 2. The lowest BCUT2D eigenvalue weighted by Crippen LogP contribution is -2.30. The Morgan fingerprint density at radius 2 is 0.966 bits per heavy atom. The molecule has 58 heavy (non-hydrogen) atoms. The third kappa shape index (κ3) is 6.07. The topological polar surface area (TPSA) is 16.4 Å². The van der Waals surface area contributed by atoms with E-state index in [2.05, 4.69) is 211 Å². The summed E-state index contributed by atoms with van der Waals surface area (Å²) >= 11 is 0. The second kappa shape index (κ2) is 14.3. The Bertz CT molecular complexity index is 3200. The van der Waals surface area contributed by atoms with Crippen LogP contribution in [0.4, 0.5) is 11.4 Å². The quantitative estimate of drug-likeness (QED) is 0.162. The molecule has 1 atom stereocenters. The number of rotatable bonds is 7. The molecule has 9 aromatic carbocycles. The summed E-state index contributed by atoms with van der Waals surface area (Å²) in [5.41, 5.74) is 13.8. The molecule has 0 N–H and O–H groups in total. The summed E-state index contributed by atoms with van der Waals surface area (Å²) < 4.78 is 6.43. The van der Waals surface area contributed by atoms with Crippen molar-refractivity contribution in [2.24, 2.45) is 0 Å². The molecule has 0 saturated carbocycles. The van der Waals surface area contributed by atoms with Gasteiger partial charge in [-0.1, -0.05) is 176 Å². The Morgan fingerprint density at radius 3 is 1.67 bits per heavy atom. The molecule has 0 saturated heterocycles. The largest absolute Gasteiger partial charge is 0.455 e. The lowest BCUT2D eigenvalue weighted by molar-refractivity contribution is 0.670. The average molecular weight is 742 g/mol. The van der Waals surface area contributed by atoms with Crippen LogP contribution in [-0.4, -0.2) is 6.04 Å². The maximum Gasteiger partial charge on any atom is 0.143 e. The summed E-state index contributed by atoms with van der Waals surface area (Å²) in [5, 5.41) is 7.30. The Hall–Kier alpha value is -7.42. The van der Waals surface area contributed by atoms with E-state index in [0.29, 0.717) is 0 Å². The van der Waals surface area contributed by atoms with E-state index in [1.54, 1.807) is 0 Å². The van der Waals surface area contributed by atoms with Gasteiger partial charge < -0.3 is 9.32 Å². The first-order valence-corrected chi connectivity index (χ1v) is 20.1. The highest BCUT2D eigenvalue weighted by Gasteiger charge is 2.22. The van der Waals surface area contributed by atoms with Crippen molar-refractivity contribution in [1.29, 1.82) is 0 Å². The van der Waals surface area contributed by atoms with Crippen molar-refractivity contribution in [2.45, 2.75) is 12.5 Å². The first-order valence-electron chi connectivity index (χ1n) is 20.1. The maximum absolute atomic E-state index is 6.43. The van der Waals surface area contributed by atoms with Gasteiger partial charge in [-0.3, -0.25) is 0 Å². The monoisotopic (exact) mass is 741 g/mol. The Labute approximate surface area is 338 Å². The molecule has 10 aromatic rings. The Morgan fingerprint density at radius 1 is 0.414 bits per heavy atom. The molecule has 1 aliphatic rings. The molecular formula is C56H39NO. The summed E-state index contributed by atoms with van der Waals surface area (Å²) in [6.45, 7) is 0. The number of hydrogen-bond acceptors (Lipinski definition) is 2. The van der Waals surface area contributed by atoms with Crippen LogP contribution >= 0.6 is 0 Å². The van der Waals surface area contributed by atoms with Gasteiger partial charge in [0.15, 0.2) is 0 Å². The second-order valence-electron chi connectivity index (χ2n) is 15.2. The predicted molar refractivity (Wildman–Crippen MR) is 246 cm³/mol. The fraction of sp³-hybridized carbons (Fsp3) is 0.0357. The number of fused-ring (bicyclic) bond motifs is 5. The van der Waals surface area contributed by atoms with Crippen LogP contribution in [-0.2, 0) is 0 Å². The van der Waals surface area contributed by atoms with E-state index in [1.165, 1.54) is 54.9 Å². The van der Waals surface area contributed by atoms with Crippen LogP contribution in [0, 0.1) is 0 Å². The van der Waals surface area contributed by atoms with Crippen LogP contribution in [0.5, 0.6) is 0 Å². The van der Waals surface area contributed by atoms with E-state index < -0.39 is 0 Å². The molecule has 0 spiro atoms. The number of nitrogens with zero attached hydrogens (tertiary/aromatic N) is 1. The minimum Gasteiger partial charge on any atom is -0.455 e. The lowest BCUT2D eigenvalue weighted by Gasteiger charge is -2.33. The van der Waals surface area contributed by atoms with Crippen molar-refractivity contribution in [3.63, 3.8) is 0 Å². The summed E-state index contributed by atoms with van der Waals surface area (Å²) in [5.74, 6) is 0. The Kier molecular flexibility index (Phi) is 8.33. The fourth-order valence-electron chi connectivity index (χ4n) is 8.84. The van der Waals surface area contributed by atoms with E-state index >= 15 is 0 Å². The molecule has 0 radical (unpaired) electrons. The summed E-state index contributed by atoms with van der Waals surface area (Å²) in [4.78, 5) is 2.48. The van der Waals surface area contributed by atoms with E-state index in [1.807, 2.05) is 12.1 Å². The van der Waals surface area contributed by atoms with E-state index in [-0.39, 0.29) is 6.04 Å². The highest BCUT2D eigenvalue weighted by atomic mass is 16.3. The van der Waals surface area contributed by atoms with Crippen LogP contribution < -0.4 is 4.90 Å². The van der Waals surface area contributed by atoms with Crippen LogP contribution in [0.1, 0.15) is 12.0 Å². The molecule has 274 valence electrons. The van der Waals surface area contributed by atoms with Crippen LogP contribution in [0.3, 0.4) is 0 Å². The molecule has 0 aliphatic heterocycles. The minimum absolute atomic E-state index is 0.118. The zero-order valence-corrected chi connectivity index (χ0v) is 31.9. The first kappa shape index (κ1) is 33.9. The third-order valence-corrected chi connectivity index (χ3v) is 11.8. The van der Waals surface area contributed by atoms with Crippen LogP contribution in [0.25, 0.3) is 82.4 Å². The van der Waals surface area contributed by atoms with Crippen molar-refractivity contribution < 1.29 is 4.42 Å². The fourth-order valence-corrected chi connectivity index (χ4v) is 8.84. The number of hydrogen-bond donors (Lipinski definition) is 0. The van der Waals surface area contributed by atoms with Gasteiger partial charge in [0.25, 0.3) is 0 Å². The summed E-state index contributed by atoms with van der Waals surface area (Å²) in [6, 6.07) is 72.4. The van der Waals surface area contributed by atoms with Crippen molar-refractivity contribution in [3.8, 4) is 33.4 Å². The van der Waals surface area contributed by atoms with E-state index in [9.17, 15) is 0 Å². The second-order valence-corrected chi connectivity index (χ2v) is 15.2. The third-order valence-electron chi connectivity index (χ3n) is 11.8. The molecular weight excluding hydrogens is 703 g/mol. The molecule has 2 nitrogen and oxygen atoms in total. The normalized spacial score (nSPS) is 14.0. The summed E-state index contributed by atoms with van der Waals surface area (Å²) in [7, 11) is 0. The average Bonchev–Trinajstić information content (AvgIpc) is 3.69. The molecule has 1 aromatic heterocycles. The van der Waals surface area contributed by atoms with Crippen LogP contribution in [0.15, 0.2) is 223 Å². The molecule has 0 bridgehead atoms. The highest BCUT2D eigenvalue weighted by molar-refractivity contribution is 6.09. The Balaban J connectivity index is 0.949. The molecule has 0 fully saturated rings. The number of anilines is 2. The van der Waals surface area contributed by atoms with Gasteiger partial charge >= 0.3 is 0 Å². The minimum atomic E-state index is 0.118. The summed E-state index contributed by atoms with van der Waals surface area (Å²) in [6.07, 6.45) is 7.98. The van der Waals surface area contributed by atoms with Gasteiger partial charge in [-0.2, -0.15) is 0 Å². The van der Waals surface area contributed by atoms with E-state index in [0.717, 1.165) is 50.9 Å². The van der Waals surface area contributed by atoms with Crippen molar-refractivity contribution in [1.82, 2.24) is 0 Å². The van der Waals surface area contributed by atoms with Crippen molar-refractivity contribution in [3.05, 3.63) is 224 Å². The number of furan rings is 1. The van der Waals surface area contributed by atoms with Gasteiger partial charge in [0.1, 0.15) is 11.2 Å². The van der Waals surface area contributed by atoms with Gasteiger partial charge in [-0.25, -0.2) is 0 Å². The first-order chi connectivity index (χ1) is 28.7. The predicted octanol–water partition coefficient (Wildman–Crippen LogP) is 15.4. The molecule has 1 aliphatic carbocycles. The van der Waals surface area contributed by atoms with Crippen molar-refractivity contribution in [2.75, 3.05) is 4.90 Å². The van der Waals surface area contributed by atoms with Gasteiger partial charge in [0.2, 0.25) is 0 Å². The van der Waals surface area contributed by atoms with Gasteiger partial charge in [-0.15, -0.1) is 0 Å². The lowest BCUT2D eigenvalue weighted by atomic mass is 9.89. The van der Waals surface area contributed by atoms with Crippen LogP contribution in [0.2, 0.25) is 0 Å². The zero-order chi connectivity index (χ0) is 38.4. The molecule has 2 heteroatoms. The smallest absolute Gasteiger partial charge is 0.143 e. The van der Waals surface area contributed by atoms with Crippen molar-refractivity contribution >= 4 is 60.4 Å². The van der Waals surface area contributed by atoms with Gasteiger partial charge in [0.05, 0.1) is 6.04 Å². The molecule has 0 amide bonds. The number of benzene rings is 9. The van der Waals surface area contributed by atoms with E-state index in [4.69, 9.17) is 4.42 Å². The zero-order valence-electron chi connectivity index (χ0n) is 31.9. The maximum atomic E-state index is 6.43. The molecule has 11 rings (SSSR count). The van der Waals surface area contributed by atoms with Gasteiger partial charge in [-0.05, 0) is 109 Å². The van der Waals surface area contributed by atoms with Gasteiger partial charge in [0, 0.05) is 27.7 Å². The number of para-hydroxylation sites is 2.